The molecule has 114 valence electrons. The van der Waals surface area contributed by atoms with Crippen molar-refractivity contribution < 1.29 is 4.74 Å². The Bertz CT molecular complexity index is 522. The Labute approximate surface area is 127 Å². The topological polar surface area (TPSA) is 39.1 Å². The molecular weight excluding hydrogens is 262 g/mol. The third-order valence-electron chi connectivity index (χ3n) is 3.41. The van der Waals surface area contributed by atoms with Crippen molar-refractivity contribution in [2.75, 3.05) is 25.6 Å². The second-order valence-electron chi connectivity index (χ2n) is 5.26. The minimum absolute atomic E-state index is 0.782. The highest BCUT2D eigenvalue weighted by Gasteiger charge is 2.04. The fraction of sp³-hybridized carbons (Fsp3) is 0.471. The fourth-order valence-electron chi connectivity index (χ4n) is 2.37. The molecule has 21 heavy (non-hydrogen) atoms. The minimum Gasteiger partial charge on any atom is -0.385 e. The van der Waals surface area contributed by atoms with Gasteiger partial charge in [-0.3, -0.25) is 0 Å². The van der Waals surface area contributed by atoms with Crippen LogP contribution in [0.1, 0.15) is 24.1 Å². The Kier molecular flexibility index (Phi) is 6.28. The first-order valence-corrected chi connectivity index (χ1v) is 7.60. The van der Waals surface area contributed by atoms with Crippen LogP contribution in [0.25, 0.3) is 0 Å². The van der Waals surface area contributed by atoms with E-state index in [-0.39, 0.29) is 0 Å². The van der Waals surface area contributed by atoms with E-state index in [9.17, 15) is 0 Å². The van der Waals surface area contributed by atoms with Crippen molar-refractivity contribution in [1.82, 2.24) is 9.55 Å². The Morgan fingerprint density at radius 1 is 1.19 bits per heavy atom. The molecule has 0 saturated carbocycles. The number of hydrogen-bond donors (Lipinski definition) is 1. The number of aromatic nitrogens is 2. The number of benzene rings is 1. The van der Waals surface area contributed by atoms with Gasteiger partial charge in [0.2, 0.25) is 5.95 Å². The average molecular weight is 287 g/mol. The summed E-state index contributed by atoms with van der Waals surface area (Å²) >= 11 is 0. The molecule has 0 aliphatic carbocycles. The molecule has 0 radical (unpaired) electrons. The molecule has 0 aliphatic heterocycles. The Hall–Kier alpha value is -1.81. The van der Waals surface area contributed by atoms with Crippen LogP contribution in [-0.4, -0.2) is 29.8 Å². The van der Waals surface area contributed by atoms with E-state index in [0.29, 0.717) is 0 Å². The van der Waals surface area contributed by atoms with Gasteiger partial charge in [-0.05, 0) is 31.7 Å². The van der Waals surface area contributed by atoms with Crippen LogP contribution in [0.5, 0.6) is 0 Å². The summed E-state index contributed by atoms with van der Waals surface area (Å²) in [5.74, 6) is 0.969. The maximum atomic E-state index is 5.10. The van der Waals surface area contributed by atoms with Crippen LogP contribution in [0.4, 0.5) is 5.95 Å². The lowest BCUT2D eigenvalue weighted by Crippen LogP contribution is -2.10. The first-order chi connectivity index (χ1) is 10.3. The summed E-state index contributed by atoms with van der Waals surface area (Å²) in [6.07, 6.45) is 5.30. The van der Waals surface area contributed by atoms with Crippen LogP contribution in [0.15, 0.2) is 36.5 Å². The summed E-state index contributed by atoms with van der Waals surface area (Å²) in [5.41, 5.74) is 2.44. The monoisotopic (exact) mass is 287 g/mol. The van der Waals surface area contributed by atoms with E-state index < -0.39 is 0 Å². The van der Waals surface area contributed by atoms with Crippen molar-refractivity contribution in [3.8, 4) is 0 Å². The minimum atomic E-state index is 0.782. The molecule has 4 nitrogen and oxygen atoms in total. The first kappa shape index (κ1) is 15.6. The second kappa shape index (κ2) is 8.47. The maximum Gasteiger partial charge on any atom is 0.203 e. The SMILES string of the molecule is COCCCn1cc(C)nc1NCCCc1ccccc1. The van der Waals surface area contributed by atoms with E-state index in [1.165, 1.54) is 5.56 Å². The van der Waals surface area contributed by atoms with Gasteiger partial charge in [0.15, 0.2) is 0 Å². The number of ether oxygens (including phenoxy) is 1. The highest BCUT2D eigenvalue weighted by atomic mass is 16.5. The maximum absolute atomic E-state index is 5.10. The zero-order valence-corrected chi connectivity index (χ0v) is 13.0. The molecule has 1 heterocycles. The number of aryl methyl sites for hydroxylation is 3. The molecule has 0 aliphatic rings. The molecule has 2 rings (SSSR count). The lowest BCUT2D eigenvalue weighted by molar-refractivity contribution is 0.190. The predicted molar refractivity (Wildman–Crippen MR) is 86.7 cm³/mol. The molecule has 0 bridgehead atoms. The zero-order chi connectivity index (χ0) is 14.9. The predicted octanol–water partition coefficient (Wildman–Crippen LogP) is 3.27. The number of anilines is 1. The summed E-state index contributed by atoms with van der Waals surface area (Å²) in [6.45, 7) is 4.69. The molecule has 0 unspecified atom stereocenters. The summed E-state index contributed by atoms with van der Waals surface area (Å²) in [4.78, 5) is 4.54. The van der Waals surface area contributed by atoms with E-state index >= 15 is 0 Å². The smallest absolute Gasteiger partial charge is 0.203 e. The summed E-state index contributed by atoms with van der Waals surface area (Å²) in [5, 5.41) is 3.44. The molecule has 0 saturated heterocycles. The van der Waals surface area contributed by atoms with E-state index in [2.05, 4.69) is 51.4 Å². The molecule has 0 atom stereocenters. The van der Waals surface area contributed by atoms with E-state index in [1.54, 1.807) is 7.11 Å². The molecule has 0 amide bonds. The van der Waals surface area contributed by atoms with Gasteiger partial charge in [-0.2, -0.15) is 0 Å². The van der Waals surface area contributed by atoms with Gasteiger partial charge >= 0.3 is 0 Å². The van der Waals surface area contributed by atoms with Gasteiger partial charge in [0.25, 0.3) is 0 Å². The number of nitrogens with one attached hydrogen (secondary N) is 1. The van der Waals surface area contributed by atoms with Crippen molar-refractivity contribution in [1.29, 1.82) is 0 Å². The number of nitrogens with zero attached hydrogens (tertiary/aromatic N) is 2. The lowest BCUT2D eigenvalue weighted by atomic mass is 10.1. The van der Waals surface area contributed by atoms with Crippen molar-refractivity contribution in [2.45, 2.75) is 32.7 Å². The highest BCUT2D eigenvalue weighted by molar-refractivity contribution is 5.28. The Morgan fingerprint density at radius 3 is 2.76 bits per heavy atom. The molecule has 0 spiro atoms. The summed E-state index contributed by atoms with van der Waals surface area (Å²) < 4.78 is 7.28. The van der Waals surface area contributed by atoms with Crippen molar-refractivity contribution in [3.63, 3.8) is 0 Å². The van der Waals surface area contributed by atoms with E-state index in [1.807, 2.05) is 6.92 Å². The lowest BCUT2D eigenvalue weighted by Gasteiger charge is -2.09. The van der Waals surface area contributed by atoms with Gasteiger partial charge < -0.3 is 14.6 Å². The van der Waals surface area contributed by atoms with Gasteiger partial charge in [0.05, 0.1) is 5.69 Å². The zero-order valence-electron chi connectivity index (χ0n) is 13.0. The average Bonchev–Trinajstić information content (AvgIpc) is 2.85. The Morgan fingerprint density at radius 2 is 2.00 bits per heavy atom. The van der Waals surface area contributed by atoms with Crippen molar-refractivity contribution >= 4 is 5.95 Å². The molecule has 2 aromatic rings. The van der Waals surface area contributed by atoms with Gasteiger partial charge in [-0.1, -0.05) is 30.3 Å². The van der Waals surface area contributed by atoms with Crippen LogP contribution in [0.3, 0.4) is 0 Å². The van der Waals surface area contributed by atoms with Crippen LogP contribution in [0, 0.1) is 6.92 Å². The van der Waals surface area contributed by atoms with Crippen LogP contribution in [0.2, 0.25) is 0 Å². The molecule has 1 N–H and O–H groups in total. The number of imidazole rings is 1. The second-order valence-corrected chi connectivity index (χ2v) is 5.26. The van der Waals surface area contributed by atoms with Gasteiger partial charge in [0, 0.05) is 33.0 Å². The van der Waals surface area contributed by atoms with E-state index in [4.69, 9.17) is 4.74 Å². The van der Waals surface area contributed by atoms with E-state index in [0.717, 1.165) is 50.6 Å². The standard InChI is InChI=1S/C17H25N3O/c1-15-14-20(12-7-13-21-2)17(19-15)18-11-6-10-16-8-4-3-5-9-16/h3-5,8-9,14H,6-7,10-13H2,1-2H3,(H,18,19). The Balaban J connectivity index is 1.77. The highest BCUT2D eigenvalue weighted by Crippen LogP contribution is 2.10. The molecular formula is C17H25N3O. The third kappa shape index (κ3) is 5.23. The molecule has 1 aromatic heterocycles. The number of hydrogen-bond acceptors (Lipinski definition) is 3. The van der Waals surface area contributed by atoms with Crippen LogP contribution < -0.4 is 5.32 Å². The van der Waals surface area contributed by atoms with Crippen LogP contribution in [-0.2, 0) is 17.7 Å². The summed E-state index contributed by atoms with van der Waals surface area (Å²) in [6, 6.07) is 10.6. The van der Waals surface area contributed by atoms with Crippen molar-refractivity contribution in [3.05, 3.63) is 47.8 Å². The van der Waals surface area contributed by atoms with Crippen LogP contribution >= 0.6 is 0 Å². The quantitative estimate of drug-likeness (QED) is 0.719. The van der Waals surface area contributed by atoms with Gasteiger partial charge in [-0.15, -0.1) is 0 Å². The molecule has 0 fully saturated rings. The largest absolute Gasteiger partial charge is 0.385 e. The molecule has 1 aromatic carbocycles. The summed E-state index contributed by atoms with van der Waals surface area (Å²) in [7, 11) is 1.74. The third-order valence-corrected chi connectivity index (χ3v) is 3.41. The number of methoxy groups -OCH3 is 1. The number of rotatable bonds is 9. The van der Waals surface area contributed by atoms with Crippen molar-refractivity contribution in [2.24, 2.45) is 0 Å². The fourth-order valence-corrected chi connectivity index (χ4v) is 2.37. The molecule has 4 heteroatoms. The van der Waals surface area contributed by atoms with Gasteiger partial charge in [0.1, 0.15) is 0 Å². The first-order valence-electron chi connectivity index (χ1n) is 7.60. The van der Waals surface area contributed by atoms with Gasteiger partial charge in [-0.25, -0.2) is 4.98 Å². The normalized spacial score (nSPS) is 10.8.